The number of halogens is 3. The van der Waals surface area contributed by atoms with Crippen molar-refractivity contribution >= 4 is 29.1 Å². The Labute approximate surface area is 174 Å². The van der Waals surface area contributed by atoms with Gasteiger partial charge in [-0.05, 0) is 18.2 Å². The number of hydrogen-bond acceptors (Lipinski definition) is 6. The molecule has 2 aliphatic rings. The van der Waals surface area contributed by atoms with Crippen molar-refractivity contribution in [1.29, 1.82) is 0 Å². The van der Waals surface area contributed by atoms with Crippen LogP contribution in [0, 0.1) is 5.82 Å². The lowest BCUT2D eigenvalue weighted by Gasteiger charge is -2.45. The first kappa shape index (κ1) is 18.4. The molecule has 1 fully saturated rings. The zero-order valence-corrected chi connectivity index (χ0v) is 16.3. The Morgan fingerprint density at radius 1 is 1.14 bits per heavy atom. The first-order chi connectivity index (χ1) is 14.1. The molecule has 2 aromatic heterocycles. The Morgan fingerprint density at radius 2 is 1.93 bits per heavy atom. The molecule has 2 atom stereocenters. The molecule has 1 amide bonds. The molecule has 0 radical (unpaired) electrons. The van der Waals surface area contributed by atoms with Crippen LogP contribution < -0.4 is 0 Å². The minimum absolute atomic E-state index is 0.110. The van der Waals surface area contributed by atoms with Crippen LogP contribution in [0.15, 0.2) is 30.6 Å². The average molecular weight is 435 g/mol. The van der Waals surface area contributed by atoms with Crippen molar-refractivity contribution in [3.05, 3.63) is 57.8 Å². The van der Waals surface area contributed by atoms with Crippen molar-refractivity contribution in [2.75, 3.05) is 13.2 Å². The van der Waals surface area contributed by atoms with Gasteiger partial charge in [0.25, 0.3) is 5.91 Å². The van der Waals surface area contributed by atoms with Gasteiger partial charge in [0.15, 0.2) is 11.6 Å². The fraction of sp³-hybridized carbons (Fsp3) is 0.278. The monoisotopic (exact) mass is 434 g/mol. The van der Waals surface area contributed by atoms with Crippen LogP contribution in [0.1, 0.15) is 22.2 Å². The maximum Gasteiger partial charge on any atom is 0.256 e. The van der Waals surface area contributed by atoms with Crippen molar-refractivity contribution in [2.45, 2.75) is 18.6 Å². The van der Waals surface area contributed by atoms with Crippen molar-refractivity contribution in [3.8, 4) is 11.6 Å². The van der Waals surface area contributed by atoms with E-state index >= 15 is 0 Å². The minimum Gasteiger partial charge on any atom is -0.377 e. The summed E-state index contributed by atoms with van der Waals surface area (Å²) in [6, 6.07) is 3.43. The van der Waals surface area contributed by atoms with Crippen molar-refractivity contribution in [3.63, 3.8) is 0 Å². The second-order valence-corrected chi connectivity index (χ2v) is 7.46. The summed E-state index contributed by atoms with van der Waals surface area (Å²) in [4.78, 5) is 23.5. The summed E-state index contributed by atoms with van der Waals surface area (Å²) in [5, 5.41) is 8.12. The lowest BCUT2D eigenvalue weighted by Crippen LogP contribution is -2.56. The molecule has 8 nitrogen and oxygen atoms in total. The molecule has 3 aromatic rings. The summed E-state index contributed by atoms with van der Waals surface area (Å²) in [6.07, 6.45) is 3.26. The molecule has 5 rings (SSSR count). The zero-order chi connectivity index (χ0) is 20.1. The van der Waals surface area contributed by atoms with Crippen LogP contribution in [0.4, 0.5) is 4.39 Å². The highest BCUT2D eigenvalue weighted by Gasteiger charge is 2.44. The van der Waals surface area contributed by atoms with Crippen LogP contribution >= 0.6 is 23.2 Å². The van der Waals surface area contributed by atoms with Crippen LogP contribution in [-0.4, -0.2) is 54.8 Å². The van der Waals surface area contributed by atoms with Gasteiger partial charge in [-0.25, -0.2) is 14.4 Å². The molecule has 11 heteroatoms. The molecule has 2 aliphatic heterocycles. The van der Waals surface area contributed by atoms with Gasteiger partial charge >= 0.3 is 0 Å². The van der Waals surface area contributed by atoms with Gasteiger partial charge in [0.1, 0.15) is 11.9 Å². The molecular formula is C18H13Cl2FN6O2. The number of carbonyl (C=O) groups excluding carboxylic acids is 1. The maximum atomic E-state index is 13.7. The third-order valence-corrected chi connectivity index (χ3v) is 5.91. The highest BCUT2D eigenvalue weighted by Crippen LogP contribution is 2.37. The molecule has 148 valence electrons. The average Bonchev–Trinajstić information content (AvgIpc) is 3.15. The third-order valence-electron chi connectivity index (χ3n) is 5.05. The van der Waals surface area contributed by atoms with Gasteiger partial charge in [-0.3, -0.25) is 4.79 Å². The Bertz CT molecular complexity index is 1110. The quantitative estimate of drug-likeness (QED) is 0.576. The number of carbonyl (C=O) groups is 1. The van der Waals surface area contributed by atoms with Crippen molar-refractivity contribution in [2.24, 2.45) is 0 Å². The van der Waals surface area contributed by atoms with Gasteiger partial charge in [-0.2, -0.15) is 0 Å². The number of morpholine rings is 1. The van der Waals surface area contributed by atoms with E-state index in [1.807, 2.05) is 4.57 Å². The van der Waals surface area contributed by atoms with Gasteiger partial charge < -0.3 is 14.2 Å². The van der Waals surface area contributed by atoms with E-state index in [0.717, 1.165) is 6.07 Å². The molecule has 0 aliphatic carbocycles. The van der Waals surface area contributed by atoms with Gasteiger partial charge in [-0.15, -0.1) is 10.2 Å². The summed E-state index contributed by atoms with van der Waals surface area (Å²) in [5.74, 6) is 0.525. The summed E-state index contributed by atoms with van der Waals surface area (Å²) in [5.41, 5.74) is 0.134. The van der Waals surface area contributed by atoms with Crippen LogP contribution in [0.3, 0.4) is 0 Å². The topological polar surface area (TPSA) is 86.0 Å². The van der Waals surface area contributed by atoms with Crippen LogP contribution in [0.2, 0.25) is 10.0 Å². The second kappa shape index (κ2) is 7.01. The third kappa shape index (κ3) is 2.88. The molecule has 0 spiro atoms. The van der Waals surface area contributed by atoms with E-state index in [4.69, 9.17) is 27.9 Å². The Balaban J connectivity index is 1.56. The summed E-state index contributed by atoms with van der Waals surface area (Å²) in [6.45, 7) is 0.995. The number of benzene rings is 1. The fourth-order valence-electron chi connectivity index (χ4n) is 3.74. The number of hydrogen-bond donors (Lipinski definition) is 0. The first-order valence-corrected chi connectivity index (χ1v) is 9.56. The highest BCUT2D eigenvalue weighted by atomic mass is 35.5. The fourth-order valence-corrected chi connectivity index (χ4v) is 4.14. The molecule has 0 saturated carbocycles. The highest BCUT2D eigenvalue weighted by molar-refractivity contribution is 6.44. The maximum absolute atomic E-state index is 13.7. The number of aromatic nitrogens is 5. The van der Waals surface area contributed by atoms with Crippen LogP contribution in [0.25, 0.3) is 11.6 Å². The second-order valence-electron chi connectivity index (χ2n) is 6.71. The predicted molar refractivity (Wildman–Crippen MR) is 101 cm³/mol. The molecule has 0 unspecified atom stereocenters. The predicted octanol–water partition coefficient (Wildman–Crippen LogP) is 2.78. The summed E-state index contributed by atoms with van der Waals surface area (Å²) < 4.78 is 21.2. The molecule has 29 heavy (non-hydrogen) atoms. The van der Waals surface area contributed by atoms with Gasteiger partial charge in [0, 0.05) is 18.9 Å². The standard InChI is InChI=1S/C18H13Cl2FN6O2/c19-13-10(2-3-11(21)14(13)20)18(28)27-9-6-26-16(12(27)8-29-7-9)24-25-17(26)15-22-4-1-5-23-15/h1-5,9,12H,6-8H2/t9-,12+/m0/s1. The molecule has 0 N–H and O–H groups in total. The number of fused-ring (bicyclic) bond motifs is 4. The Kier molecular flexibility index (Phi) is 4.45. The zero-order valence-electron chi connectivity index (χ0n) is 14.8. The first-order valence-electron chi connectivity index (χ1n) is 8.80. The number of rotatable bonds is 2. The van der Waals surface area contributed by atoms with Crippen molar-refractivity contribution in [1.82, 2.24) is 29.6 Å². The largest absolute Gasteiger partial charge is 0.377 e. The van der Waals surface area contributed by atoms with E-state index in [0.29, 0.717) is 30.6 Å². The minimum atomic E-state index is -0.678. The molecule has 4 heterocycles. The molecule has 2 bridgehead atoms. The molecule has 1 saturated heterocycles. The lowest BCUT2D eigenvalue weighted by molar-refractivity contribution is -0.0569. The van der Waals surface area contributed by atoms with Crippen molar-refractivity contribution < 1.29 is 13.9 Å². The summed E-state index contributed by atoms with van der Waals surface area (Å²) in [7, 11) is 0. The van der Waals surface area contributed by atoms with E-state index in [9.17, 15) is 9.18 Å². The van der Waals surface area contributed by atoms with Gasteiger partial charge in [-0.1, -0.05) is 23.2 Å². The van der Waals surface area contributed by atoms with E-state index in [1.165, 1.54) is 6.07 Å². The smallest absolute Gasteiger partial charge is 0.256 e. The Hall–Kier alpha value is -2.62. The molecule has 1 aromatic carbocycles. The summed E-state index contributed by atoms with van der Waals surface area (Å²) >= 11 is 12.0. The van der Waals surface area contributed by atoms with Gasteiger partial charge in [0.05, 0.1) is 34.9 Å². The number of ether oxygens (including phenoxy) is 1. The van der Waals surface area contributed by atoms with E-state index < -0.39 is 11.9 Å². The van der Waals surface area contributed by atoms with Gasteiger partial charge in [0.2, 0.25) is 5.82 Å². The number of nitrogens with zero attached hydrogens (tertiary/aromatic N) is 6. The van der Waals surface area contributed by atoms with Crippen LogP contribution in [0.5, 0.6) is 0 Å². The molecular weight excluding hydrogens is 422 g/mol. The van der Waals surface area contributed by atoms with Crippen LogP contribution in [-0.2, 0) is 11.3 Å². The van der Waals surface area contributed by atoms with E-state index in [1.54, 1.807) is 23.4 Å². The Morgan fingerprint density at radius 3 is 2.72 bits per heavy atom. The lowest BCUT2D eigenvalue weighted by atomic mass is 10.0. The van der Waals surface area contributed by atoms with E-state index in [2.05, 4.69) is 20.2 Å². The SMILES string of the molecule is O=C(c1ccc(F)c(Cl)c1Cl)N1[C@@H]2COC[C@@H]1c1nnc(-c3ncccn3)n1C2. The normalized spacial score (nSPS) is 20.4. The van der Waals surface area contributed by atoms with E-state index in [-0.39, 0.29) is 34.2 Å². The number of amides is 1.